The molecule has 0 unspecified atom stereocenters. The largest absolute Gasteiger partial charge is 0.462 e. The maximum Gasteiger partial charge on any atom is 0.339 e. The van der Waals surface area contributed by atoms with Crippen molar-refractivity contribution >= 4 is 18.2 Å². The van der Waals surface area contributed by atoms with Gasteiger partial charge in [-0.2, -0.15) is 0 Å². The van der Waals surface area contributed by atoms with Gasteiger partial charge in [0.15, 0.2) is 6.29 Å². The molecule has 6 aromatic rings. The maximum absolute atomic E-state index is 12.1. The fourth-order valence-electron chi connectivity index (χ4n) is 4.62. The molecule has 0 atom stereocenters. The highest BCUT2D eigenvalue weighted by Crippen LogP contribution is 2.07. The van der Waals surface area contributed by atoms with Crippen molar-refractivity contribution < 1.29 is 75.7 Å². The predicted molar refractivity (Wildman–Crippen MR) is 292 cm³/mol. The van der Waals surface area contributed by atoms with Crippen LogP contribution in [0.5, 0.6) is 0 Å². The van der Waals surface area contributed by atoms with Crippen LogP contribution in [-0.4, -0.2) is 104 Å². The van der Waals surface area contributed by atoms with Crippen molar-refractivity contribution in [3.63, 3.8) is 0 Å². The van der Waals surface area contributed by atoms with Gasteiger partial charge in [-0.05, 0) is 62.4 Å². The molecular weight excluding hydrogens is 1030 g/mol. The van der Waals surface area contributed by atoms with Gasteiger partial charge in [0.25, 0.3) is 0 Å². The average molecular weight is 1110 g/mol. The molecule has 0 amide bonds. The van der Waals surface area contributed by atoms with Crippen LogP contribution in [0.1, 0.15) is 133 Å². The van der Waals surface area contributed by atoms with Gasteiger partial charge in [0.1, 0.15) is 46.0 Å². The van der Waals surface area contributed by atoms with Gasteiger partial charge >= 0.3 is 11.9 Å². The molecule has 6 heterocycles. The standard InChI is InChI=1S/C11H15NO4.C9H12FNO2.C9H11NO3.2C7H8FNO.C7H6FNO.5CH4.H3N/c1-3-16-11(13)9-4-5-10(12-6-9)7-15-8-14-2;1-12-7-13-6-9-3-2-8(4-10)5-11-9;1-2-13-9(12)7-3-4-8(6-11)10-5-7;3*8-3-6-1-2-7(5-10)9-4-6;;;;;;/h4-6H,3,7-8H2,1-2H3;2-3,5H,4,6-7H2,1H3;3-5,11H,2,6H2,1H3;2*1-2,4,10H,3,5H2;1-2,4-5H,3H2;5*1H4;1H3. The lowest BCUT2D eigenvalue weighted by Crippen LogP contribution is -2.06. The number of esters is 2. The number of aliphatic hydroxyl groups excluding tert-OH is 3. The van der Waals surface area contributed by atoms with Crippen molar-refractivity contribution in [3.05, 3.63) is 178 Å². The Bertz CT molecular complexity index is 2220. The van der Waals surface area contributed by atoms with Crippen LogP contribution in [-0.2, 0) is 88.2 Å². The Kier molecular flexibility index (Phi) is 56.2. The lowest BCUT2D eigenvalue weighted by molar-refractivity contribution is -0.0402. The molecule has 23 heteroatoms. The highest BCUT2D eigenvalue weighted by molar-refractivity contribution is 5.89. The van der Waals surface area contributed by atoms with Crippen LogP contribution in [0.2, 0.25) is 0 Å². The highest BCUT2D eigenvalue weighted by Gasteiger charge is 2.07. The number of alkyl halides is 4. The number of aromatic nitrogens is 6. The van der Waals surface area contributed by atoms with Gasteiger partial charge in [-0.3, -0.25) is 34.7 Å². The number of carbonyl (C=O) groups is 3. The fraction of sp³-hybridized carbons (Fsp3) is 0.400. The van der Waals surface area contributed by atoms with Gasteiger partial charge in [-0.25, -0.2) is 27.2 Å². The molecule has 6 aromatic heterocycles. The van der Waals surface area contributed by atoms with E-state index in [4.69, 9.17) is 43.7 Å². The van der Waals surface area contributed by atoms with Crippen LogP contribution < -0.4 is 6.15 Å². The Morgan fingerprint density at radius 1 is 0.462 bits per heavy atom. The molecule has 19 nitrogen and oxygen atoms in total. The van der Waals surface area contributed by atoms with Gasteiger partial charge in [-0.15, -0.1) is 0 Å². The minimum absolute atomic E-state index is 0. The number of carbonyl (C=O) groups excluding carboxylic acids is 3. The molecule has 0 aromatic carbocycles. The van der Waals surface area contributed by atoms with Gasteiger partial charge in [0.2, 0.25) is 0 Å². The molecule has 0 aliphatic carbocycles. The molecule has 0 spiro atoms. The van der Waals surface area contributed by atoms with Crippen molar-refractivity contribution in [2.24, 2.45) is 0 Å². The molecular formula is C55H83F4N7O12. The van der Waals surface area contributed by atoms with E-state index in [1.54, 1.807) is 88.7 Å². The number of hydrogen-bond donors (Lipinski definition) is 4. The summed E-state index contributed by atoms with van der Waals surface area (Å²) in [5, 5.41) is 25.8. The first-order valence-electron chi connectivity index (χ1n) is 21.7. The molecule has 0 saturated heterocycles. The summed E-state index contributed by atoms with van der Waals surface area (Å²) in [6.45, 7) is 3.10. The predicted octanol–water partition coefficient (Wildman–Crippen LogP) is 10.6. The molecule has 0 fully saturated rings. The number of methoxy groups -OCH3 is 2. The molecule has 6 rings (SSSR count). The third-order valence-corrected chi connectivity index (χ3v) is 8.30. The maximum atomic E-state index is 12.1. The average Bonchev–Trinajstić information content (AvgIpc) is 3.44. The van der Waals surface area contributed by atoms with E-state index in [-0.39, 0.29) is 88.6 Å². The van der Waals surface area contributed by atoms with Gasteiger partial charge in [0, 0.05) is 73.7 Å². The summed E-state index contributed by atoms with van der Waals surface area (Å²) in [4.78, 5) is 55.6. The van der Waals surface area contributed by atoms with Crippen molar-refractivity contribution in [1.29, 1.82) is 0 Å². The van der Waals surface area contributed by atoms with E-state index in [0.717, 1.165) is 11.4 Å². The molecule has 0 aliphatic heterocycles. The highest BCUT2D eigenvalue weighted by atomic mass is 19.1. The van der Waals surface area contributed by atoms with Gasteiger partial charge in [0.05, 0.1) is 85.8 Å². The minimum Gasteiger partial charge on any atom is -0.462 e. The van der Waals surface area contributed by atoms with E-state index in [9.17, 15) is 31.9 Å². The number of aliphatic hydroxyl groups is 3. The van der Waals surface area contributed by atoms with Crippen LogP contribution in [0.25, 0.3) is 0 Å². The van der Waals surface area contributed by atoms with Crippen molar-refractivity contribution in [2.45, 2.75) is 111 Å². The number of nitrogens with zero attached hydrogens (tertiary/aromatic N) is 6. The number of ether oxygens (including phenoxy) is 6. The van der Waals surface area contributed by atoms with E-state index in [0.29, 0.717) is 88.9 Å². The molecule has 0 aliphatic rings. The second kappa shape index (κ2) is 53.3. The summed E-state index contributed by atoms with van der Waals surface area (Å²) in [5.41, 5.74) is 6.51. The smallest absolute Gasteiger partial charge is 0.339 e. The number of aldehydes is 1. The van der Waals surface area contributed by atoms with Gasteiger partial charge < -0.3 is 49.9 Å². The van der Waals surface area contributed by atoms with Crippen molar-refractivity contribution in [1.82, 2.24) is 36.1 Å². The molecule has 0 saturated carbocycles. The Balaban J connectivity index is -0.000000198. The first-order valence-corrected chi connectivity index (χ1v) is 21.7. The fourth-order valence-corrected chi connectivity index (χ4v) is 4.62. The summed E-state index contributed by atoms with van der Waals surface area (Å²) in [6.07, 6.45) is 9.20. The second-order valence-corrected chi connectivity index (χ2v) is 13.7. The number of halogens is 4. The first kappa shape index (κ1) is 82.3. The summed E-state index contributed by atoms with van der Waals surface area (Å²) in [6, 6.07) is 19.4. The van der Waals surface area contributed by atoms with E-state index in [2.05, 4.69) is 29.9 Å². The van der Waals surface area contributed by atoms with E-state index in [1.807, 2.05) is 0 Å². The lowest BCUT2D eigenvalue weighted by Gasteiger charge is -2.04. The SMILES string of the molecule is C.C.C.C.C.CCOC(=O)c1ccc(CO)nc1.CCOC(=O)c1ccc(COCOC)nc1.COCOCc1ccc(CF)cn1.N.O=Cc1ccc(CF)cn1.OCc1ccc(CF)cn1.OCc1ccc(CF)cn1. The summed E-state index contributed by atoms with van der Waals surface area (Å²) < 4.78 is 76.8. The lowest BCUT2D eigenvalue weighted by atomic mass is 10.2. The zero-order valence-corrected chi connectivity index (χ0v) is 41.1. The minimum atomic E-state index is -0.536. The quantitative estimate of drug-likeness (QED) is 0.0182. The normalized spacial score (nSPS) is 9.12. The van der Waals surface area contributed by atoms with Crippen LogP contribution in [0.15, 0.2) is 110 Å². The van der Waals surface area contributed by atoms with Crippen molar-refractivity contribution in [2.75, 3.05) is 41.0 Å². The number of rotatable bonds is 20. The third-order valence-electron chi connectivity index (χ3n) is 8.30. The Morgan fingerprint density at radius 2 is 0.756 bits per heavy atom. The summed E-state index contributed by atoms with van der Waals surface area (Å²) in [7, 11) is 3.11. The van der Waals surface area contributed by atoms with E-state index >= 15 is 0 Å². The molecule has 6 N–H and O–H groups in total. The van der Waals surface area contributed by atoms with Gasteiger partial charge in [-0.1, -0.05) is 61.4 Å². The van der Waals surface area contributed by atoms with Crippen LogP contribution in [0.3, 0.4) is 0 Å². The number of hydrogen-bond acceptors (Lipinski definition) is 19. The Morgan fingerprint density at radius 3 is 0.987 bits per heavy atom. The number of pyridine rings is 6. The molecule has 438 valence electrons. The zero-order valence-electron chi connectivity index (χ0n) is 41.1. The monoisotopic (exact) mass is 1110 g/mol. The second-order valence-electron chi connectivity index (χ2n) is 13.7. The van der Waals surface area contributed by atoms with Crippen LogP contribution in [0.4, 0.5) is 17.6 Å². The van der Waals surface area contributed by atoms with E-state index in [1.165, 1.54) is 49.3 Å². The third kappa shape index (κ3) is 36.8. The molecule has 78 heavy (non-hydrogen) atoms. The summed E-state index contributed by atoms with van der Waals surface area (Å²) >= 11 is 0. The van der Waals surface area contributed by atoms with Crippen LogP contribution >= 0.6 is 0 Å². The van der Waals surface area contributed by atoms with E-state index < -0.39 is 26.7 Å². The topological polar surface area (TPSA) is 280 Å². The van der Waals surface area contributed by atoms with Crippen molar-refractivity contribution in [3.8, 4) is 0 Å². The zero-order chi connectivity index (χ0) is 53.2. The molecule has 0 bridgehead atoms. The Labute approximate surface area is 458 Å². The first-order chi connectivity index (χ1) is 35.0. The summed E-state index contributed by atoms with van der Waals surface area (Å²) in [5.74, 6) is -0.751. The Hall–Kier alpha value is -7.09. The molecule has 0 radical (unpaired) electrons. The van der Waals surface area contributed by atoms with Crippen LogP contribution in [0, 0.1) is 0 Å².